The number of aromatic nitrogens is 2. The van der Waals surface area contributed by atoms with Crippen molar-refractivity contribution in [2.75, 3.05) is 5.32 Å². The average Bonchev–Trinajstić information content (AvgIpc) is 3.14. The highest BCUT2D eigenvalue weighted by atomic mass is 32.1. The number of halogens is 3. The third-order valence-electron chi connectivity index (χ3n) is 3.60. The molecule has 1 amide bonds. The number of amides is 1. The van der Waals surface area contributed by atoms with Crippen molar-refractivity contribution in [2.24, 2.45) is 7.05 Å². The minimum Gasteiger partial charge on any atom is -0.313 e. The highest BCUT2D eigenvalue weighted by Crippen LogP contribution is 2.35. The number of hydrogen-bond acceptors (Lipinski definition) is 3. The summed E-state index contributed by atoms with van der Waals surface area (Å²) in [4.78, 5) is 12.4. The number of carbonyl (C=O) groups excluding carboxylic acids is 1. The summed E-state index contributed by atoms with van der Waals surface area (Å²) in [6, 6.07) is 9.48. The molecule has 0 unspecified atom stereocenters. The predicted molar refractivity (Wildman–Crippen MR) is 90.7 cm³/mol. The van der Waals surface area contributed by atoms with Gasteiger partial charge < -0.3 is 5.32 Å². The van der Waals surface area contributed by atoms with E-state index in [-0.39, 0.29) is 0 Å². The van der Waals surface area contributed by atoms with E-state index in [4.69, 9.17) is 0 Å². The maximum atomic E-state index is 13.0. The number of carbonyl (C=O) groups is 1. The summed E-state index contributed by atoms with van der Waals surface area (Å²) >= 11 is 1.25. The fourth-order valence-electron chi connectivity index (χ4n) is 2.40. The van der Waals surface area contributed by atoms with Crippen molar-refractivity contribution in [2.45, 2.75) is 13.1 Å². The van der Waals surface area contributed by atoms with Gasteiger partial charge in [-0.3, -0.25) is 9.48 Å². The Hall–Kier alpha value is -2.61. The van der Waals surface area contributed by atoms with Gasteiger partial charge in [0, 0.05) is 18.8 Å². The van der Waals surface area contributed by atoms with Crippen LogP contribution in [0, 0.1) is 6.92 Å². The number of nitrogens with one attached hydrogen (secondary N) is 1. The second-order valence-corrected chi connectivity index (χ2v) is 6.46. The Bertz CT molecular complexity index is 910. The molecule has 2 heterocycles. The third kappa shape index (κ3) is 3.58. The van der Waals surface area contributed by atoms with E-state index in [9.17, 15) is 18.0 Å². The molecule has 0 saturated carbocycles. The Morgan fingerprint density at radius 2 is 1.88 bits per heavy atom. The quantitative estimate of drug-likeness (QED) is 0.729. The molecule has 0 aliphatic heterocycles. The number of benzene rings is 1. The lowest BCUT2D eigenvalue weighted by molar-refractivity contribution is -0.141. The number of thiophene rings is 1. The van der Waals surface area contributed by atoms with Gasteiger partial charge in [-0.25, -0.2) is 0 Å². The van der Waals surface area contributed by atoms with Crippen LogP contribution in [0.3, 0.4) is 0 Å². The topological polar surface area (TPSA) is 46.9 Å². The summed E-state index contributed by atoms with van der Waals surface area (Å²) in [5.74, 6) is -0.837. The third-order valence-corrected chi connectivity index (χ3v) is 4.43. The van der Waals surface area contributed by atoms with Gasteiger partial charge in [0.2, 0.25) is 0 Å². The predicted octanol–water partition coefficient (Wildman–Crippen LogP) is 4.73. The van der Waals surface area contributed by atoms with Crippen LogP contribution in [0.5, 0.6) is 0 Å². The van der Waals surface area contributed by atoms with E-state index in [1.807, 2.05) is 37.3 Å². The van der Waals surface area contributed by atoms with E-state index in [0.29, 0.717) is 5.00 Å². The van der Waals surface area contributed by atoms with Gasteiger partial charge >= 0.3 is 6.18 Å². The van der Waals surface area contributed by atoms with E-state index < -0.39 is 23.3 Å². The normalized spacial score (nSPS) is 11.6. The van der Waals surface area contributed by atoms with Crippen LogP contribution in [-0.2, 0) is 13.2 Å². The van der Waals surface area contributed by atoms with Crippen LogP contribution in [-0.4, -0.2) is 15.7 Å². The lowest BCUT2D eigenvalue weighted by Crippen LogP contribution is -2.17. The lowest BCUT2D eigenvalue weighted by atomic mass is 10.1. The van der Waals surface area contributed by atoms with Gasteiger partial charge in [-0.1, -0.05) is 29.8 Å². The molecule has 0 spiro atoms. The molecular formula is C17H14F3N3OS. The van der Waals surface area contributed by atoms with E-state index >= 15 is 0 Å². The van der Waals surface area contributed by atoms with Crippen molar-refractivity contribution in [1.82, 2.24) is 9.78 Å². The van der Waals surface area contributed by atoms with Gasteiger partial charge in [0.05, 0.1) is 5.56 Å². The number of rotatable bonds is 3. The molecule has 2 aromatic heterocycles. The number of anilines is 1. The fraction of sp³-hybridized carbons (Fsp3) is 0.176. The maximum Gasteiger partial charge on any atom is 0.435 e. The zero-order chi connectivity index (χ0) is 18.2. The van der Waals surface area contributed by atoms with Crippen LogP contribution >= 0.6 is 11.3 Å². The number of hydrogen-bond donors (Lipinski definition) is 1. The molecule has 0 fully saturated rings. The summed E-state index contributed by atoms with van der Waals surface area (Å²) in [5.41, 5.74) is 1.04. The van der Waals surface area contributed by atoms with Crippen molar-refractivity contribution in [3.63, 3.8) is 0 Å². The molecule has 1 N–H and O–H groups in total. The molecule has 3 aromatic rings. The summed E-state index contributed by atoms with van der Waals surface area (Å²) in [6.07, 6.45) is -3.62. The van der Waals surface area contributed by atoms with Crippen molar-refractivity contribution in [3.8, 4) is 11.1 Å². The Balaban J connectivity index is 1.91. The first-order valence-corrected chi connectivity index (χ1v) is 8.20. The number of aryl methyl sites for hydroxylation is 2. The van der Waals surface area contributed by atoms with E-state index in [0.717, 1.165) is 27.6 Å². The highest BCUT2D eigenvalue weighted by Gasteiger charge is 2.39. The molecule has 130 valence electrons. The molecule has 0 aliphatic rings. The molecule has 0 bridgehead atoms. The van der Waals surface area contributed by atoms with E-state index in [1.165, 1.54) is 18.4 Å². The fourth-order valence-corrected chi connectivity index (χ4v) is 3.21. The number of alkyl halides is 3. The van der Waals surface area contributed by atoms with Crippen molar-refractivity contribution < 1.29 is 18.0 Å². The Labute approximate surface area is 145 Å². The maximum absolute atomic E-state index is 13.0. The minimum absolute atomic E-state index is 0.492. The highest BCUT2D eigenvalue weighted by molar-refractivity contribution is 7.15. The smallest absolute Gasteiger partial charge is 0.313 e. The van der Waals surface area contributed by atoms with E-state index in [2.05, 4.69) is 10.4 Å². The number of nitrogens with zero attached hydrogens (tertiary/aromatic N) is 2. The Kier molecular flexibility index (Phi) is 4.38. The summed E-state index contributed by atoms with van der Waals surface area (Å²) in [6.45, 7) is 1.96. The zero-order valence-electron chi connectivity index (χ0n) is 13.4. The van der Waals surface area contributed by atoms with E-state index in [1.54, 1.807) is 5.38 Å². The van der Waals surface area contributed by atoms with Gasteiger partial charge in [-0.2, -0.15) is 18.3 Å². The van der Waals surface area contributed by atoms with Crippen LogP contribution < -0.4 is 5.32 Å². The first kappa shape index (κ1) is 17.2. The standard InChI is InChI=1S/C17H14F3N3OS/c1-10-3-5-11(6-4-10)12-7-8-25-16(12)21-15(24)13-9-23(2)22-14(13)17(18,19)20/h3-9H,1-2H3,(H,21,24). The second-order valence-electron chi connectivity index (χ2n) is 5.55. The van der Waals surface area contributed by atoms with Crippen LogP contribution in [0.4, 0.5) is 18.2 Å². The molecule has 25 heavy (non-hydrogen) atoms. The molecule has 0 atom stereocenters. The van der Waals surface area contributed by atoms with Crippen LogP contribution in [0.1, 0.15) is 21.6 Å². The molecule has 8 heteroatoms. The molecular weight excluding hydrogens is 351 g/mol. The first-order valence-electron chi connectivity index (χ1n) is 7.32. The monoisotopic (exact) mass is 365 g/mol. The molecule has 0 saturated heterocycles. The SMILES string of the molecule is Cc1ccc(-c2ccsc2NC(=O)c2cn(C)nc2C(F)(F)F)cc1. The first-order chi connectivity index (χ1) is 11.8. The van der Waals surface area contributed by atoms with Gasteiger partial charge in [0.25, 0.3) is 5.91 Å². The van der Waals surface area contributed by atoms with Gasteiger partial charge in [0.1, 0.15) is 5.00 Å². The Morgan fingerprint density at radius 1 is 1.20 bits per heavy atom. The van der Waals surface area contributed by atoms with Gasteiger partial charge in [0.15, 0.2) is 5.69 Å². The van der Waals surface area contributed by atoms with Gasteiger partial charge in [-0.15, -0.1) is 11.3 Å². The lowest BCUT2D eigenvalue weighted by Gasteiger charge is -2.08. The second kappa shape index (κ2) is 6.36. The molecule has 3 rings (SSSR count). The molecule has 4 nitrogen and oxygen atoms in total. The molecule has 0 radical (unpaired) electrons. The molecule has 0 aliphatic carbocycles. The van der Waals surface area contributed by atoms with Crippen molar-refractivity contribution in [3.05, 3.63) is 58.7 Å². The largest absolute Gasteiger partial charge is 0.435 e. The zero-order valence-corrected chi connectivity index (χ0v) is 14.2. The van der Waals surface area contributed by atoms with Crippen molar-refractivity contribution >= 4 is 22.2 Å². The van der Waals surface area contributed by atoms with Crippen LogP contribution in [0.2, 0.25) is 0 Å². The average molecular weight is 365 g/mol. The van der Waals surface area contributed by atoms with Crippen LogP contribution in [0.25, 0.3) is 11.1 Å². The summed E-state index contributed by atoms with van der Waals surface area (Å²) in [7, 11) is 1.34. The Morgan fingerprint density at radius 3 is 2.52 bits per heavy atom. The van der Waals surface area contributed by atoms with Crippen LogP contribution in [0.15, 0.2) is 41.9 Å². The summed E-state index contributed by atoms with van der Waals surface area (Å²) < 4.78 is 40.1. The molecule has 1 aromatic carbocycles. The van der Waals surface area contributed by atoms with Gasteiger partial charge in [-0.05, 0) is 23.9 Å². The van der Waals surface area contributed by atoms with Crippen molar-refractivity contribution in [1.29, 1.82) is 0 Å². The summed E-state index contributed by atoms with van der Waals surface area (Å²) in [5, 5.41) is 8.20. The minimum atomic E-state index is -4.69.